The van der Waals surface area contributed by atoms with Crippen molar-refractivity contribution >= 4 is 5.91 Å². The molecule has 1 aromatic rings. The van der Waals surface area contributed by atoms with Crippen molar-refractivity contribution in [2.45, 2.75) is 133 Å². The summed E-state index contributed by atoms with van der Waals surface area (Å²) >= 11 is 0. The SMILES string of the molecule is C=CC(=O)N1CCN(C2C3CC[C@]4(CCc5cccc(F)c5C4)CC3NC(OC[C@H]3CCCN3C)N2C2CCCCCC2)C[C@H]1CC#N. The number of amides is 1. The number of halogens is 1. The van der Waals surface area contributed by atoms with E-state index in [0.29, 0.717) is 44.1 Å². The summed E-state index contributed by atoms with van der Waals surface area (Å²) in [5, 5.41) is 14.0. The Morgan fingerprint density at radius 1 is 1.10 bits per heavy atom. The molecule has 0 bridgehead atoms. The molecular weight excluding hydrogens is 603 g/mol. The van der Waals surface area contributed by atoms with Gasteiger partial charge in [-0.05, 0) is 106 Å². The van der Waals surface area contributed by atoms with Gasteiger partial charge in [-0.1, -0.05) is 44.4 Å². The van der Waals surface area contributed by atoms with Crippen molar-refractivity contribution in [1.29, 1.82) is 5.26 Å². The minimum Gasteiger partial charge on any atom is -0.348 e. The van der Waals surface area contributed by atoms with E-state index in [4.69, 9.17) is 4.74 Å². The molecule has 262 valence electrons. The van der Waals surface area contributed by atoms with E-state index < -0.39 is 0 Å². The summed E-state index contributed by atoms with van der Waals surface area (Å²) in [7, 11) is 2.22. The average Bonchev–Trinajstić information content (AvgIpc) is 3.32. The van der Waals surface area contributed by atoms with Gasteiger partial charge < -0.3 is 14.5 Å². The number of nitriles is 1. The van der Waals surface area contributed by atoms with Crippen LogP contribution in [-0.4, -0.2) is 102 Å². The van der Waals surface area contributed by atoms with Crippen LogP contribution in [-0.2, 0) is 22.4 Å². The Balaban J connectivity index is 1.22. The second-order valence-electron chi connectivity index (χ2n) is 15.9. The lowest BCUT2D eigenvalue weighted by atomic mass is 9.59. The molecule has 3 heterocycles. The van der Waals surface area contributed by atoms with Crippen LogP contribution in [0.15, 0.2) is 30.9 Å². The minimum absolute atomic E-state index is 0.0416. The van der Waals surface area contributed by atoms with Crippen LogP contribution in [0.3, 0.4) is 0 Å². The maximum atomic E-state index is 15.2. The zero-order valence-electron chi connectivity index (χ0n) is 29.1. The van der Waals surface area contributed by atoms with E-state index in [1.54, 1.807) is 6.07 Å². The Hall–Kier alpha value is -2.35. The van der Waals surface area contributed by atoms with Crippen LogP contribution < -0.4 is 5.32 Å². The summed E-state index contributed by atoms with van der Waals surface area (Å²) in [6, 6.07) is 8.97. The second kappa shape index (κ2) is 14.9. The first kappa shape index (κ1) is 34.1. The Labute approximate surface area is 287 Å². The smallest absolute Gasteiger partial charge is 0.246 e. The van der Waals surface area contributed by atoms with Gasteiger partial charge in [0, 0.05) is 43.7 Å². The van der Waals surface area contributed by atoms with E-state index in [2.05, 4.69) is 45.8 Å². The highest BCUT2D eigenvalue weighted by Crippen LogP contribution is 2.51. The number of aryl methyl sites for hydroxylation is 1. The number of benzene rings is 1. The number of hydrogen-bond donors (Lipinski definition) is 1. The van der Waals surface area contributed by atoms with Crippen molar-refractivity contribution in [3.63, 3.8) is 0 Å². The fourth-order valence-corrected chi connectivity index (χ4v) is 10.6. The molecular formula is C39H57FN6O2. The lowest BCUT2D eigenvalue weighted by Gasteiger charge is -2.61. The summed E-state index contributed by atoms with van der Waals surface area (Å²) in [5.41, 5.74) is 2.22. The zero-order valence-corrected chi connectivity index (χ0v) is 29.1. The summed E-state index contributed by atoms with van der Waals surface area (Å²) in [6.45, 7) is 7.67. The largest absolute Gasteiger partial charge is 0.348 e. The molecule has 3 aliphatic heterocycles. The number of rotatable bonds is 7. The number of nitrogens with one attached hydrogen (secondary N) is 1. The van der Waals surface area contributed by atoms with Gasteiger partial charge in [-0.25, -0.2) is 9.29 Å². The summed E-state index contributed by atoms with van der Waals surface area (Å²) < 4.78 is 22.3. The van der Waals surface area contributed by atoms with E-state index >= 15 is 4.39 Å². The molecule has 7 atom stereocenters. The molecule has 0 radical (unpaired) electrons. The first-order valence-electron chi connectivity index (χ1n) is 19.1. The van der Waals surface area contributed by atoms with Crippen molar-refractivity contribution in [2.75, 3.05) is 39.8 Å². The number of carbonyl (C=O) groups is 1. The monoisotopic (exact) mass is 660 g/mol. The lowest BCUT2D eigenvalue weighted by molar-refractivity contribution is -0.218. The quantitative estimate of drug-likeness (QED) is 0.309. The molecule has 9 heteroatoms. The molecule has 5 fully saturated rings. The molecule has 6 aliphatic rings. The number of carbonyl (C=O) groups excluding carboxylic acids is 1. The number of nitrogens with zero attached hydrogens (tertiary/aromatic N) is 5. The molecule has 48 heavy (non-hydrogen) atoms. The van der Waals surface area contributed by atoms with Gasteiger partial charge in [-0.15, -0.1) is 0 Å². The van der Waals surface area contributed by atoms with Gasteiger partial charge in [-0.3, -0.25) is 15.0 Å². The molecule has 0 aromatic heterocycles. The van der Waals surface area contributed by atoms with E-state index in [-0.39, 0.29) is 41.7 Å². The third-order valence-electron chi connectivity index (χ3n) is 13.2. The highest BCUT2D eigenvalue weighted by molar-refractivity contribution is 5.87. The molecule has 7 rings (SSSR count). The topological polar surface area (TPSA) is 75.1 Å². The Bertz CT molecular complexity index is 1340. The van der Waals surface area contributed by atoms with Gasteiger partial charge >= 0.3 is 0 Å². The molecule has 2 saturated carbocycles. The van der Waals surface area contributed by atoms with Crippen LogP contribution >= 0.6 is 0 Å². The van der Waals surface area contributed by atoms with Crippen LogP contribution in [0, 0.1) is 28.5 Å². The summed E-state index contributed by atoms with van der Waals surface area (Å²) in [5.74, 6) is 0.268. The number of ether oxygens (including phenoxy) is 1. The zero-order chi connectivity index (χ0) is 33.3. The first-order chi connectivity index (χ1) is 23.4. The van der Waals surface area contributed by atoms with Crippen molar-refractivity contribution in [3.8, 4) is 6.07 Å². The van der Waals surface area contributed by atoms with Gasteiger partial charge in [0.15, 0.2) is 6.35 Å². The van der Waals surface area contributed by atoms with Crippen LogP contribution in [0.5, 0.6) is 0 Å². The van der Waals surface area contributed by atoms with Crippen LogP contribution in [0.25, 0.3) is 0 Å². The van der Waals surface area contributed by atoms with Gasteiger partial charge in [0.1, 0.15) is 5.82 Å². The van der Waals surface area contributed by atoms with E-state index in [1.165, 1.54) is 63.0 Å². The molecule has 4 unspecified atom stereocenters. The third kappa shape index (κ3) is 6.85. The molecule has 8 nitrogen and oxygen atoms in total. The Morgan fingerprint density at radius 3 is 2.69 bits per heavy atom. The predicted molar refractivity (Wildman–Crippen MR) is 185 cm³/mol. The minimum atomic E-state index is -0.196. The highest BCUT2D eigenvalue weighted by atomic mass is 19.1. The number of hydrogen-bond acceptors (Lipinski definition) is 7. The van der Waals surface area contributed by atoms with Gasteiger partial charge in [0.2, 0.25) is 5.91 Å². The van der Waals surface area contributed by atoms with Crippen molar-refractivity contribution in [2.24, 2.45) is 11.3 Å². The van der Waals surface area contributed by atoms with Crippen LogP contribution in [0.4, 0.5) is 4.39 Å². The van der Waals surface area contributed by atoms with Crippen LogP contribution in [0.2, 0.25) is 0 Å². The summed E-state index contributed by atoms with van der Waals surface area (Å²) in [4.78, 5) is 22.6. The fraction of sp³-hybridized carbons (Fsp3) is 0.744. The molecule has 1 amide bonds. The predicted octanol–water partition coefficient (Wildman–Crippen LogP) is 5.43. The highest BCUT2D eigenvalue weighted by Gasteiger charge is 2.54. The Morgan fingerprint density at radius 2 is 1.94 bits per heavy atom. The molecule has 1 aromatic carbocycles. The second-order valence-corrected chi connectivity index (χ2v) is 15.9. The number of piperazine rings is 1. The van der Waals surface area contributed by atoms with E-state index in [1.807, 2.05) is 11.0 Å². The van der Waals surface area contributed by atoms with Crippen molar-refractivity contribution < 1.29 is 13.9 Å². The lowest BCUT2D eigenvalue weighted by Crippen LogP contribution is -2.75. The molecule has 1 spiro atoms. The van der Waals surface area contributed by atoms with Gasteiger partial charge in [0.25, 0.3) is 0 Å². The van der Waals surface area contributed by atoms with Gasteiger partial charge in [0.05, 0.1) is 31.3 Å². The normalized spacial score (nSPS) is 35.5. The number of likely N-dealkylation sites (tertiary alicyclic amines) is 1. The van der Waals surface area contributed by atoms with Crippen molar-refractivity contribution in [3.05, 3.63) is 47.8 Å². The number of fused-ring (bicyclic) bond motifs is 2. The van der Waals surface area contributed by atoms with E-state index in [0.717, 1.165) is 57.2 Å². The number of likely N-dealkylation sites (N-methyl/N-ethyl adjacent to an activating group) is 1. The average molecular weight is 661 g/mol. The maximum Gasteiger partial charge on any atom is 0.246 e. The Kier molecular flexibility index (Phi) is 10.6. The van der Waals surface area contributed by atoms with Crippen molar-refractivity contribution in [1.82, 2.24) is 24.9 Å². The van der Waals surface area contributed by atoms with Gasteiger partial charge in [-0.2, -0.15) is 5.26 Å². The summed E-state index contributed by atoms with van der Waals surface area (Å²) in [6.07, 6.45) is 17.6. The molecule has 3 aliphatic carbocycles. The van der Waals surface area contributed by atoms with Crippen LogP contribution in [0.1, 0.15) is 94.6 Å². The first-order valence-corrected chi connectivity index (χ1v) is 19.1. The maximum absolute atomic E-state index is 15.2. The third-order valence-corrected chi connectivity index (χ3v) is 13.2. The van der Waals surface area contributed by atoms with E-state index in [9.17, 15) is 10.1 Å². The molecule has 3 saturated heterocycles. The molecule has 1 N–H and O–H groups in total. The standard InChI is InChI=1S/C39H57FN6O2/c1-3-36(47)45-23-22-44(26-30(45)17-20-41)37-32-16-19-39(18-15-28-10-8-14-34(40)33(28)24-39)25-35(32)42-38(48-27-31-13-9-21-43(31)2)46(37)29-11-6-4-5-7-12-29/h3,8,10,14,29-32,35,37-38,42H,1,4-7,9,11-13,15-19,21-27H2,2H3/t30-,31-,32?,35?,37?,38?,39+/m1/s1. The fourth-order valence-electron chi connectivity index (χ4n) is 10.6.